The van der Waals surface area contributed by atoms with Crippen LogP contribution in [0.1, 0.15) is 32.3 Å². The van der Waals surface area contributed by atoms with Gasteiger partial charge in [0, 0.05) is 23.7 Å². The second kappa shape index (κ2) is 9.24. The van der Waals surface area contributed by atoms with E-state index < -0.39 is 29.6 Å². The average Bonchev–Trinajstić information content (AvgIpc) is 3.47. The van der Waals surface area contributed by atoms with Gasteiger partial charge in [0.25, 0.3) is 11.8 Å². The van der Waals surface area contributed by atoms with Crippen molar-refractivity contribution in [1.29, 1.82) is 0 Å². The molecule has 1 aromatic carbocycles. The van der Waals surface area contributed by atoms with Crippen LogP contribution in [0, 0.1) is 18.2 Å². The second-order valence-electron chi connectivity index (χ2n) is 7.08. The maximum absolute atomic E-state index is 13.5. The summed E-state index contributed by atoms with van der Waals surface area (Å²) >= 11 is 1.08. The van der Waals surface area contributed by atoms with E-state index in [2.05, 4.69) is 20.9 Å². The van der Waals surface area contributed by atoms with E-state index in [-0.39, 0.29) is 46.6 Å². The molecule has 1 saturated heterocycles. The van der Waals surface area contributed by atoms with E-state index in [1.807, 2.05) is 0 Å². The Morgan fingerprint density at radius 1 is 1.32 bits per heavy atom. The molecule has 0 aliphatic carbocycles. The van der Waals surface area contributed by atoms with E-state index in [1.54, 1.807) is 0 Å². The number of halogens is 1. The minimum absolute atomic E-state index is 0.00178. The van der Waals surface area contributed by atoms with Crippen LogP contribution in [0.25, 0.3) is 0 Å². The molecule has 2 amide bonds. The zero-order valence-corrected chi connectivity index (χ0v) is 18.5. The molecular weight excluding hydrogens is 465 g/mol. The lowest BCUT2D eigenvalue weighted by Crippen LogP contribution is -2.46. The molecule has 172 valence electrons. The van der Waals surface area contributed by atoms with Crippen LogP contribution in [0.3, 0.4) is 0 Å². The molecule has 34 heavy (non-hydrogen) atoms. The minimum atomic E-state index is -1.24. The van der Waals surface area contributed by atoms with Gasteiger partial charge in [-0.15, -0.1) is 17.8 Å². The van der Waals surface area contributed by atoms with Gasteiger partial charge in [0.05, 0.1) is 25.1 Å². The first-order valence-electron chi connectivity index (χ1n) is 9.79. The molecule has 1 fully saturated rings. The van der Waals surface area contributed by atoms with E-state index in [0.29, 0.717) is 0 Å². The average molecular weight is 481 g/mol. The van der Waals surface area contributed by atoms with Crippen LogP contribution in [-0.4, -0.2) is 57.5 Å². The van der Waals surface area contributed by atoms with Crippen LogP contribution in [0.15, 0.2) is 36.0 Å². The SMILES string of the molecule is C#Cc1nc(C(=O)N(c2cc(OC)cc(C(=O)O)c2)C2CCN(c3ncc(F)cn3)C2=O)cs1. The lowest BCUT2D eigenvalue weighted by Gasteiger charge is -2.28. The summed E-state index contributed by atoms with van der Waals surface area (Å²) in [5.74, 6) is -0.552. The van der Waals surface area contributed by atoms with Crippen molar-refractivity contribution in [3.8, 4) is 18.1 Å². The van der Waals surface area contributed by atoms with Crippen molar-refractivity contribution in [2.24, 2.45) is 0 Å². The molecule has 12 heteroatoms. The molecule has 1 aliphatic heterocycles. The van der Waals surface area contributed by atoms with E-state index in [9.17, 15) is 23.9 Å². The third kappa shape index (κ3) is 4.28. The highest BCUT2D eigenvalue weighted by Gasteiger charge is 2.41. The van der Waals surface area contributed by atoms with Crippen molar-refractivity contribution in [2.45, 2.75) is 12.5 Å². The minimum Gasteiger partial charge on any atom is -0.497 e. The van der Waals surface area contributed by atoms with Gasteiger partial charge < -0.3 is 9.84 Å². The van der Waals surface area contributed by atoms with E-state index >= 15 is 0 Å². The summed E-state index contributed by atoms with van der Waals surface area (Å²) in [4.78, 5) is 52.7. The number of thiazole rings is 1. The molecule has 0 spiro atoms. The van der Waals surface area contributed by atoms with Crippen molar-refractivity contribution in [3.05, 3.63) is 58.1 Å². The summed E-state index contributed by atoms with van der Waals surface area (Å²) in [5, 5.41) is 11.3. The number of carboxylic acid groups (broad SMARTS) is 1. The largest absolute Gasteiger partial charge is 0.497 e. The molecule has 3 heterocycles. The number of rotatable bonds is 6. The summed E-state index contributed by atoms with van der Waals surface area (Å²) < 4.78 is 18.4. The first-order chi connectivity index (χ1) is 16.3. The number of carboxylic acids is 1. The number of terminal acetylenes is 1. The first kappa shape index (κ1) is 22.8. The Labute approximate surface area is 196 Å². The van der Waals surface area contributed by atoms with E-state index in [1.165, 1.54) is 35.6 Å². The second-order valence-corrected chi connectivity index (χ2v) is 7.94. The van der Waals surface area contributed by atoms with Gasteiger partial charge in [-0.25, -0.2) is 24.1 Å². The monoisotopic (exact) mass is 481 g/mol. The number of hydrogen-bond donors (Lipinski definition) is 1. The molecule has 0 bridgehead atoms. The summed E-state index contributed by atoms with van der Waals surface area (Å²) in [6, 6.07) is 2.97. The summed E-state index contributed by atoms with van der Waals surface area (Å²) in [6.07, 6.45) is 7.41. The molecule has 1 N–H and O–H groups in total. The molecule has 0 radical (unpaired) electrons. The predicted octanol–water partition coefficient (Wildman–Crippen LogP) is 2.21. The fraction of sp³-hybridized carbons (Fsp3) is 0.182. The Morgan fingerprint density at radius 3 is 2.68 bits per heavy atom. The fourth-order valence-electron chi connectivity index (χ4n) is 3.51. The third-order valence-corrected chi connectivity index (χ3v) is 5.83. The number of amides is 2. The maximum Gasteiger partial charge on any atom is 0.335 e. The molecule has 4 rings (SSSR count). The number of hydrogen-bond acceptors (Lipinski definition) is 8. The van der Waals surface area contributed by atoms with Crippen LogP contribution < -0.4 is 14.5 Å². The highest BCUT2D eigenvalue weighted by molar-refractivity contribution is 7.10. The number of aromatic nitrogens is 3. The van der Waals surface area contributed by atoms with Crippen LogP contribution >= 0.6 is 11.3 Å². The van der Waals surface area contributed by atoms with Crippen molar-refractivity contribution in [1.82, 2.24) is 15.0 Å². The molecule has 10 nitrogen and oxygen atoms in total. The summed E-state index contributed by atoms with van der Waals surface area (Å²) in [6.45, 7) is 0.154. The van der Waals surface area contributed by atoms with Gasteiger partial charge in [-0.3, -0.25) is 19.4 Å². The Morgan fingerprint density at radius 2 is 2.06 bits per heavy atom. The molecule has 1 unspecified atom stereocenters. The molecule has 0 saturated carbocycles. The quantitative estimate of drug-likeness (QED) is 0.531. The van der Waals surface area contributed by atoms with Gasteiger partial charge in [-0.1, -0.05) is 0 Å². The van der Waals surface area contributed by atoms with E-state index in [0.717, 1.165) is 28.6 Å². The molecule has 2 aromatic heterocycles. The Hall–Kier alpha value is -4.37. The highest BCUT2D eigenvalue weighted by atomic mass is 32.1. The number of methoxy groups -OCH3 is 1. The smallest absolute Gasteiger partial charge is 0.335 e. The maximum atomic E-state index is 13.5. The van der Waals surface area contributed by atoms with Crippen molar-refractivity contribution >= 4 is 40.8 Å². The van der Waals surface area contributed by atoms with Gasteiger partial charge in [0.15, 0.2) is 10.8 Å². The normalized spacial score (nSPS) is 15.1. The van der Waals surface area contributed by atoms with Gasteiger partial charge in [-0.05, 0) is 24.5 Å². The number of anilines is 2. The third-order valence-electron chi connectivity index (χ3n) is 5.05. The Kier molecular flexibility index (Phi) is 6.20. The summed E-state index contributed by atoms with van der Waals surface area (Å²) in [7, 11) is 1.35. The highest BCUT2D eigenvalue weighted by Crippen LogP contribution is 2.31. The lowest BCUT2D eigenvalue weighted by molar-refractivity contribution is -0.118. The number of ether oxygens (including phenoxy) is 1. The number of carbonyl (C=O) groups is 3. The molecule has 1 aliphatic rings. The van der Waals surface area contributed by atoms with Crippen molar-refractivity contribution < 1.29 is 28.6 Å². The van der Waals surface area contributed by atoms with Crippen LogP contribution in [0.5, 0.6) is 5.75 Å². The van der Waals surface area contributed by atoms with Crippen molar-refractivity contribution in [2.75, 3.05) is 23.5 Å². The predicted molar refractivity (Wildman–Crippen MR) is 120 cm³/mol. The van der Waals surface area contributed by atoms with Gasteiger partial charge in [0.2, 0.25) is 5.95 Å². The zero-order valence-electron chi connectivity index (χ0n) is 17.6. The fourth-order valence-corrected chi connectivity index (χ4v) is 4.11. The number of carbonyl (C=O) groups excluding carboxylic acids is 2. The van der Waals surface area contributed by atoms with Gasteiger partial charge in [-0.2, -0.15) is 0 Å². The van der Waals surface area contributed by atoms with Crippen LogP contribution in [0.4, 0.5) is 16.0 Å². The molecule has 1 atom stereocenters. The lowest BCUT2D eigenvalue weighted by atomic mass is 10.1. The Bertz CT molecular complexity index is 1320. The standard InChI is InChI=1S/C22H16FN5O5S/c1-3-18-26-16(11-34-18)19(29)28(14-6-12(21(31)32)7-15(8-14)33-2)17-4-5-27(20(17)30)22-24-9-13(23)10-25-22/h1,6-11,17H,4-5H2,2H3,(H,31,32). The van der Waals surface area contributed by atoms with Gasteiger partial charge >= 0.3 is 5.97 Å². The molecule has 3 aromatic rings. The number of nitrogens with zero attached hydrogens (tertiary/aromatic N) is 5. The number of benzene rings is 1. The number of aromatic carboxylic acids is 1. The first-order valence-corrected chi connectivity index (χ1v) is 10.7. The molecular formula is C22H16FN5O5S. The van der Waals surface area contributed by atoms with Crippen molar-refractivity contribution in [3.63, 3.8) is 0 Å². The van der Waals surface area contributed by atoms with E-state index in [4.69, 9.17) is 11.2 Å². The Balaban J connectivity index is 1.79. The topological polar surface area (TPSA) is 126 Å². The van der Waals surface area contributed by atoms with Crippen LogP contribution in [-0.2, 0) is 4.79 Å². The summed E-state index contributed by atoms with van der Waals surface area (Å²) in [5.41, 5.74) is -0.0157. The van der Waals surface area contributed by atoms with Crippen LogP contribution in [0.2, 0.25) is 0 Å². The zero-order chi connectivity index (χ0) is 24.4. The van der Waals surface area contributed by atoms with Gasteiger partial charge in [0.1, 0.15) is 17.5 Å².